The highest BCUT2D eigenvalue weighted by Crippen LogP contribution is 2.38. The number of carbonyl (C=O) groups excluding carboxylic acids is 1. The second-order valence-corrected chi connectivity index (χ2v) is 5.53. The summed E-state index contributed by atoms with van der Waals surface area (Å²) in [5, 5.41) is 11.4. The van der Waals surface area contributed by atoms with Crippen molar-refractivity contribution in [1.82, 2.24) is 0 Å². The van der Waals surface area contributed by atoms with Crippen molar-refractivity contribution < 1.29 is 19.1 Å². The van der Waals surface area contributed by atoms with Crippen molar-refractivity contribution in [1.29, 1.82) is 0 Å². The molecule has 2 aromatic carbocycles. The summed E-state index contributed by atoms with van der Waals surface area (Å²) in [6, 6.07) is 10.7. The van der Waals surface area contributed by atoms with Crippen molar-refractivity contribution >= 4 is 28.5 Å². The molecule has 4 nitrogen and oxygen atoms in total. The molecule has 0 aliphatic rings. The van der Waals surface area contributed by atoms with Crippen LogP contribution in [0, 0.1) is 6.92 Å². The number of hydrogen-bond acceptors (Lipinski definition) is 4. The van der Waals surface area contributed by atoms with Gasteiger partial charge in [0, 0.05) is 16.1 Å². The van der Waals surface area contributed by atoms with Gasteiger partial charge in [0.2, 0.25) is 5.76 Å². The maximum Gasteiger partial charge on any atom is 0.374 e. The van der Waals surface area contributed by atoms with Gasteiger partial charge >= 0.3 is 5.97 Å². The number of phenolic OH excluding ortho intramolecular Hbond substituents is 1. The number of rotatable bonds is 3. The molecule has 0 amide bonds. The van der Waals surface area contributed by atoms with E-state index >= 15 is 0 Å². The maximum absolute atomic E-state index is 11.9. The first-order valence-corrected chi connectivity index (χ1v) is 7.58. The second kappa shape index (κ2) is 5.97. The Morgan fingerprint density at radius 3 is 2.74 bits per heavy atom. The summed E-state index contributed by atoms with van der Waals surface area (Å²) in [6.07, 6.45) is 0. The number of hydrogen-bond donors (Lipinski definition) is 1. The molecule has 0 saturated carbocycles. The fraction of sp³-hybridized carbons (Fsp3) is 0.167. The number of ether oxygens (including phenoxy) is 1. The van der Waals surface area contributed by atoms with Crippen LogP contribution in [0.25, 0.3) is 22.1 Å². The third kappa shape index (κ3) is 2.66. The summed E-state index contributed by atoms with van der Waals surface area (Å²) in [5.41, 5.74) is 2.46. The molecule has 1 aromatic heterocycles. The molecule has 118 valence electrons. The predicted octanol–water partition coefficient (Wildman–Crippen LogP) is 4.94. The van der Waals surface area contributed by atoms with Crippen molar-refractivity contribution in [3.8, 4) is 16.9 Å². The van der Waals surface area contributed by atoms with Crippen LogP contribution in [0.15, 0.2) is 40.8 Å². The van der Waals surface area contributed by atoms with Gasteiger partial charge in [-0.1, -0.05) is 29.8 Å². The summed E-state index contributed by atoms with van der Waals surface area (Å²) in [7, 11) is 0. The molecule has 0 radical (unpaired) electrons. The van der Waals surface area contributed by atoms with Gasteiger partial charge in [-0.2, -0.15) is 0 Å². The van der Waals surface area contributed by atoms with Gasteiger partial charge in [-0.25, -0.2) is 4.79 Å². The molecule has 5 heteroatoms. The third-order valence-electron chi connectivity index (χ3n) is 3.65. The zero-order chi connectivity index (χ0) is 16.6. The Kier molecular flexibility index (Phi) is 4.01. The number of halogens is 1. The van der Waals surface area contributed by atoms with E-state index in [-0.39, 0.29) is 18.1 Å². The summed E-state index contributed by atoms with van der Waals surface area (Å²) in [6.45, 7) is 3.70. The standard InChI is InChI=1S/C18H15ClO4/c1-3-22-18(21)17-10(2)16-14(20)8-11(9-15(16)23-17)12-6-4-5-7-13(12)19/h4-9,20H,3H2,1-2H3. The average Bonchev–Trinajstić information content (AvgIpc) is 2.85. The molecular weight excluding hydrogens is 316 g/mol. The minimum Gasteiger partial charge on any atom is -0.507 e. The quantitative estimate of drug-likeness (QED) is 0.691. The van der Waals surface area contributed by atoms with Gasteiger partial charge in [-0.3, -0.25) is 0 Å². The first kappa shape index (κ1) is 15.4. The molecule has 3 rings (SSSR count). The predicted molar refractivity (Wildman–Crippen MR) is 89.0 cm³/mol. The van der Waals surface area contributed by atoms with Crippen LogP contribution in [0.1, 0.15) is 23.0 Å². The highest BCUT2D eigenvalue weighted by molar-refractivity contribution is 6.33. The monoisotopic (exact) mass is 330 g/mol. The highest BCUT2D eigenvalue weighted by atomic mass is 35.5. The number of benzene rings is 2. The number of fused-ring (bicyclic) bond motifs is 1. The minimum absolute atomic E-state index is 0.0363. The van der Waals surface area contributed by atoms with Crippen LogP contribution < -0.4 is 0 Å². The van der Waals surface area contributed by atoms with Crippen molar-refractivity contribution in [2.24, 2.45) is 0 Å². The van der Waals surface area contributed by atoms with Gasteiger partial charge in [0.05, 0.1) is 12.0 Å². The fourth-order valence-electron chi connectivity index (χ4n) is 2.60. The normalized spacial score (nSPS) is 10.9. The number of carbonyl (C=O) groups is 1. The first-order chi connectivity index (χ1) is 11.0. The molecule has 0 aliphatic carbocycles. The molecule has 23 heavy (non-hydrogen) atoms. The van der Waals surface area contributed by atoms with Gasteiger partial charge in [0.25, 0.3) is 0 Å². The number of furan rings is 1. The number of aromatic hydroxyl groups is 1. The molecule has 1 heterocycles. The summed E-state index contributed by atoms with van der Waals surface area (Å²) in [5.74, 6) is -0.400. The lowest BCUT2D eigenvalue weighted by molar-refractivity contribution is 0.0491. The van der Waals surface area contributed by atoms with Gasteiger partial charge < -0.3 is 14.3 Å². The lowest BCUT2D eigenvalue weighted by atomic mass is 10.0. The highest BCUT2D eigenvalue weighted by Gasteiger charge is 2.21. The van der Waals surface area contributed by atoms with E-state index in [2.05, 4.69) is 0 Å². The smallest absolute Gasteiger partial charge is 0.374 e. The lowest BCUT2D eigenvalue weighted by Crippen LogP contribution is -2.04. The molecule has 0 saturated heterocycles. The molecule has 0 bridgehead atoms. The number of phenols is 1. The Labute approximate surface area is 138 Å². The summed E-state index contributed by atoms with van der Waals surface area (Å²) < 4.78 is 10.6. The summed E-state index contributed by atoms with van der Waals surface area (Å²) in [4.78, 5) is 11.9. The second-order valence-electron chi connectivity index (χ2n) is 5.13. The lowest BCUT2D eigenvalue weighted by Gasteiger charge is -2.05. The van der Waals surface area contributed by atoms with Crippen LogP contribution in [0.3, 0.4) is 0 Å². The molecule has 0 spiro atoms. The Balaban J connectivity index is 2.19. The molecule has 3 aromatic rings. The Morgan fingerprint density at radius 2 is 2.04 bits per heavy atom. The Hall–Kier alpha value is -2.46. The minimum atomic E-state index is -0.542. The topological polar surface area (TPSA) is 59.7 Å². The van der Waals surface area contributed by atoms with E-state index in [0.29, 0.717) is 27.1 Å². The Bertz CT molecular complexity index is 895. The van der Waals surface area contributed by atoms with E-state index in [4.69, 9.17) is 20.8 Å². The van der Waals surface area contributed by atoms with Gasteiger partial charge in [0.1, 0.15) is 11.3 Å². The summed E-state index contributed by atoms with van der Waals surface area (Å²) >= 11 is 6.20. The zero-order valence-corrected chi connectivity index (χ0v) is 13.5. The van der Waals surface area contributed by atoms with E-state index < -0.39 is 5.97 Å². The molecule has 0 aliphatic heterocycles. The van der Waals surface area contributed by atoms with Gasteiger partial charge in [-0.15, -0.1) is 0 Å². The van der Waals surface area contributed by atoms with Crippen LogP contribution >= 0.6 is 11.6 Å². The number of esters is 1. The zero-order valence-electron chi connectivity index (χ0n) is 12.7. The van der Waals surface area contributed by atoms with Gasteiger partial charge in [-0.05, 0) is 37.6 Å². The third-order valence-corrected chi connectivity index (χ3v) is 3.98. The molecule has 0 unspecified atom stereocenters. The van der Waals surface area contributed by atoms with E-state index in [0.717, 1.165) is 5.56 Å². The van der Waals surface area contributed by atoms with Gasteiger partial charge in [0.15, 0.2) is 0 Å². The molecule has 0 fully saturated rings. The van der Waals surface area contributed by atoms with Crippen LogP contribution in [0.5, 0.6) is 5.75 Å². The number of aryl methyl sites for hydroxylation is 1. The van der Waals surface area contributed by atoms with Crippen LogP contribution in [-0.2, 0) is 4.74 Å². The maximum atomic E-state index is 11.9. The van der Waals surface area contributed by atoms with Crippen LogP contribution in [-0.4, -0.2) is 17.7 Å². The van der Waals surface area contributed by atoms with E-state index in [9.17, 15) is 9.90 Å². The Morgan fingerprint density at radius 1 is 1.30 bits per heavy atom. The van der Waals surface area contributed by atoms with Crippen molar-refractivity contribution in [2.75, 3.05) is 6.61 Å². The van der Waals surface area contributed by atoms with E-state index in [1.807, 2.05) is 18.2 Å². The van der Waals surface area contributed by atoms with E-state index in [1.54, 1.807) is 32.0 Å². The average molecular weight is 331 g/mol. The molecule has 1 N–H and O–H groups in total. The van der Waals surface area contributed by atoms with Crippen molar-refractivity contribution in [3.63, 3.8) is 0 Å². The van der Waals surface area contributed by atoms with Crippen LogP contribution in [0.4, 0.5) is 0 Å². The van der Waals surface area contributed by atoms with E-state index in [1.165, 1.54) is 0 Å². The SMILES string of the molecule is CCOC(=O)c1oc2cc(-c3ccccc3Cl)cc(O)c2c1C. The molecular formula is C18H15ClO4. The van der Waals surface area contributed by atoms with Crippen LogP contribution in [0.2, 0.25) is 5.02 Å². The molecule has 0 atom stereocenters. The first-order valence-electron chi connectivity index (χ1n) is 7.21. The fourth-order valence-corrected chi connectivity index (χ4v) is 2.85. The largest absolute Gasteiger partial charge is 0.507 e. The van der Waals surface area contributed by atoms with Crippen molar-refractivity contribution in [3.05, 3.63) is 52.7 Å². The van der Waals surface area contributed by atoms with Crippen molar-refractivity contribution in [2.45, 2.75) is 13.8 Å².